The lowest BCUT2D eigenvalue weighted by Gasteiger charge is -2.17. The molecule has 0 aromatic carbocycles. The summed E-state index contributed by atoms with van der Waals surface area (Å²) in [6.45, 7) is 3.65. The number of pyridine rings is 2. The van der Waals surface area contributed by atoms with Crippen molar-refractivity contribution < 1.29 is 14.3 Å². The highest BCUT2D eigenvalue weighted by molar-refractivity contribution is 6.29. The molecule has 7 heteroatoms. The zero-order chi connectivity index (χ0) is 16.3. The summed E-state index contributed by atoms with van der Waals surface area (Å²) in [4.78, 5) is 29.2. The molecule has 6 nitrogen and oxygen atoms in total. The number of hydrogen-bond donors (Lipinski definition) is 1. The van der Waals surface area contributed by atoms with Crippen molar-refractivity contribution in [2.75, 3.05) is 0 Å². The van der Waals surface area contributed by atoms with Crippen molar-refractivity contribution in [3.05, 3.63) is 58.6 Å². The number of nitrogens with zero attached hydrogens (tertiary/aromatic N) is 2. The van der Waals surface area contributed by atoms with Crippen LogP contribution in [-0.4, -0.2) is 21.8 Å². The van der Waals surface area contributed by atoms with Crippen molar-refractivity contribution in [2.24, 2.45) is 5.73 Å². The monoisotopic (exact) mass is 319 g/mol. The highest BCUT2D eigenvalue weighted by atomic mass is 35.5. The first-order chi connectivity index (χ1) is 10.3. The average Bonchev–Trinajstić information content (AvgIpc) is 2.70. The van der Waals surface area contributed by atoms with Gasteiger partial charge in [-0.05, 0) is 32.0 Å². The molecule has 1 amide bonds. The van der Waals surface area contributed by atoms with E-state index in [0.717, 1.165) is 5.56 Å². The van der Waals surface area contributed by atoms with Gasteiger partial charge in [0, 0.05) is 18.0 Å². The maximum absolute atomic E-state index is 11.3. The van der Waals surface area contributed by atoms with E-state index in [1.807, 2.05) is 13.8 Å². The number of amides is 1. The van der Waals surface area contributed by atoms with Gasteiger partial charge in [0.25, 0.3) is 5.91 Å². The number of fused-ring (bicyclic) bond motifs is 1. The zero-order valence-electron chi connectivity index (χ0n) is 12.0. The first-order valence-electron chi connectivity index (χ1n) is 6.41. The van der Waals surface area contributed by atoms with E-state index in [-0.39, 0.29) is 5.97 Å². The number of esters is 1. The van der Waals surface area contributed by atoms with Gasteiger partial charge in [0.05, 0.1) is 5.56 Å². The number of hydrogen-bond acceptors (Lipinski definition) is 5. The molecule has 0 fully saturated rings. The number of carbonyl (C=O) groups excluding carboxylic acids is 2. The molecular weight excluding hydrogens is 306 g/mol. The minimum absolute atomic E-state index is 0.303. The molecule has 3 rings (SSSR count). The van der Waals surface area contributed by atoms with E-state index >= 15 is 0 Å². The van der Waals surface area contributed by atoms with Gasteiger partial charge in [0.1, 0.15) is 16.4 Å². The predicted octanol–water partition coefficient (Wildman–Crippen LogP) is 2.32. The number of aromatic nitrogens is 2. The summed E-state index contributed by atoms with van der Waals surface area (Å²) in [7, 11) is 0. The smallest absolute Gasteiger partial charge is 0.341 e. The second-order valence-corrected chi connectivity index (χ2v) is 5.42. The van der Waals surface area contributed by atoms with Crippen molar-refractivity contribution in [3.63, 3.8) is 0 Å². The molecule has 0 unspecified atom stereocenters. The van der Waals surface area contributed by atoms with Crippen molar-refractivity contribution in [3.8, 4) is 0 Å². The van der Waals surface area contributed by atoms with Crippen LogP contribution in [0.3, 0.4) is 0 Å². The van der Waals surface area contributed by atoms with E-state index in [0.29, 0.717) is 16.4 Å². The lowest BCUT2D eigenvalue weighted by molar-refractivity contribution is 0.00953. The second kappa shape index (κ2) is 6.11. The molecule has 2 aromatic heterocycles. The topological polar surface area (TPSA) is 95.2 Å². The van der Waals surface area contributed by atoms with Crippen LogP contribution in [-0.2, 0) is 10.3 Å². The summed E-state index contributed by atoms with van der Waals surface area (Å²) in [5.41, 5.74) is 5.94. The van der Waals surface area contributed by atoms with Crippen LogP contribution in [0, 0.1) is 0 Å². The van der Waals surface area contributed by atoms with E-state index in [2.05, 4.69) is 9.97 Å². The zero-order valence-corrected chi connectivity index (χ0v) is 12.8. The fourth-order valence-electron chi connectivity index (χ4n) is 1.94. The minimum Gasteiger partial charge on any atom is -0.451 e. The molecule has 22 heavy (non-hydrogen) atoms. The number of primary amides is 1. The Morgan fingerprint density at radius 1 is 1.32 bits per heavy atom. The number of nitrogens with two attached hydrogens (primary N) is 1. The number of carbonyl (C=O) groups is 2. The summed E-state index contributed by atoms with van der Waals surface area (Å²) >= 11 is 5.72. The van der Waals surface area contributed by atoms with Crippen LogP contribution in [0.2, 0.25) is 5.15 Å². The fourth-order valence-corrected chi connectivity index (χ4v) is 2.10. The van der Waals surface area contributed by atoms with Gasteiger partial charge in [-0.25, -0.2) is 9.78 Å². The molecule has 0 radical (unpaired) electrons. The van der Waals surface area contributed by atoms with Gasteiger partial charge in [-0.15, -0.1) is 0 Å². The maximum atomic E-state index is 11.3. The van der Waals surface area contributed by atoms with Crippen LogP contribution in [0.1, 0.15) is 40.3 Å². The molecule has 1 aliphatic rings. The van der Waals surface area contributed by atoms with Crippen LogP contribution >= 0.6 is 11.6 Å². The lowest BCUT2D eigenvalue weighted by Crippen LogP contribution is -2.15. The Morgan fingerprint density at radius 2 is 2.05 bits per heavy atom. The molecule has 0 spiro atoms. The second-order valence-electron chi connectivity index (χ2n) is 5.03. The third-order valence-electron chi connectivity index (χ3n) is 3.00. The Morgan fingerprint density at radius 3 is 2.59 bits per heavy atom. The summed E-state index contributed by atoms with van der Waals surface area (Å²) in [5, 5.41) is 0.380. The summed E-state index contributed by atoms with van der Waals surface area (Å²) < 4.78 is 5.14. The molecule has 114 valence electrons. The Labute approximate surface area is 132 Å². The Kier molecular flexibility index (Phi) is 4.42. The predicted molar refractivity (Wildman–Crippen MR) is 80.4 cm³/mol. The molecule has 2 N–H and O–H groups in total. The number of ether oxygens (including phenoxy) is 1. The van der Waals surface area contributed by atoms with Gasteiger partial charge >= 0.3 is 5.97 Å². The minimum atomic E-state index is -0.584. The van der Waals surface area contributed by atoms with E-state index in [4.69, 9.17) is 22.1 Å². The Hall–Kier alpha value is -2.47. The summed E-state index contributed by atoms with van der Waals surface area (Å²) in [5.74, 6) is -0.820. The first kappa shape index (κ1) is 15.9. The molecule has 0 saturated carbocycles. The van der Waals surface area contributed by atoms with Crippen LogP contribution in [0.25, 0.3) is 0 Å². The van der Waals surface area contributed by atoms with Gasteiger partial charge < -0.3 is 10.5 Å². The number of halogens is 1. The molecule has 0 bridgehead atoms. The molecule has 0 aliphatic carbocycles. The van der Waals surface area contributed by atoms with Crippen molar-refractivity contribution in [1.29, 1.82) is 0 Å². The average molecular weight is 320 g/mol. The normalized spacial score (nSPS) is 14.4. The van der Waals surface area contributed by atoms with Crippen LogP contribution < -0.4 is 5.73 Å². The first-order valence-corrected chi connectivity index (χ1v) is 6.79. The van der Waals surface area contributed by atoms with Gasteiger partial charge in [0.2, 0.25) is 0 Å². The third kappa shape index (κ3) is 3.40. The molecule has 0 saturated heterocycles. The number of cyclic esters (lactones) is 1. The van der Waals surface area contributed by atoms with Crippen molar-refractivity contribution in [1.82, 2.24) is 9.97 Å². The Bertz CT molecular complexity index is 717. The Balaban J connectivity index is 0.000000172. The standard InChI is InChI=1S/C9H8ClNO2.C6H6N2O/c1-9(2)6-3-7(10)11-4-5(6)8(12)13-9;7-6(9)5-3-1-2-4-8-5/h3-4H,1-2H3;1-4H,(H2,7,9). The van der Waals surface area contributed by atoms with Crippen LogP contribution in [0.5, 0.6) is 0 Å². The summed E-state index contributed by atoms with van der Waals surface area (Å²) in [6.07, 6.45) is 2.98. The van der Waals surface area contributed by atoms with Crippen molar-refractivity contribution in [2.45, 2.75) is 19.4 Å². The van der Waals surface area contributed by atoms with E-state index in [1.165, 1.54) is 12.4 Å². The third-order valence-corrected chi connectivity index (χ3v) is 3.21. The maximum Gasteiger partial charge on any atom is 0.341 e. The quantitative estimate of drug-likeness (QED) is 0.643. The molecule has 0 atom stereocenters. The molecule has 1 aliphatic heterocycles. The van der Waals surface area contributed by atoms with Gasteiger partial charge in [0.15, 0.2) is 0 Å². The van der Waals surface area contributed by atoms with Crippen LogP contribution in [0.4, 0.5) is 0 Å². The van der Waals surface area contributed by atoms with E-state index < -0.39 is 11.5 Å². The molecule has 2 aromatic rings. The highest BCUT2D eigenvalue weighted by Crippen LogP contribution is 2.36. The van der Waals surface area contributed by atoms with Gasteiger partial charge in [-0.3, -0.25) is 9.78 Å². The van der Waals surface area contributed by atoms with Crippen molar-refractivity contribution >= 4 is 23.5 Å². The van der Waals surface area contributed by atoms with Gasteiger partial charge in [-0.1, -0.05) is 17.7 Å². The van der Waals surface area contributed by atoms with Crippen LogP contribution in [0.15, 0.2) is 36.7 Å². The highest BCUT2D eigenvalue weighted by Gasteiger charge is 2.38. The SMILES string of the molecule is CC1(C)OC(=O)c2cnc(Cl)cc21.NC(=O)c1ccccn1. The largest absolute Gasteiger partial charge is 0.451 e. The van der Waals surface area contributed by atoms with E-state index in [1.54, 1.807) is 24.3 Å². The summed E-state index contributed by atoms with van der Waals surface area (Å²) in [6, 6.07) is 6.68. The fraction of sp³-hybridized carbons (Fsp3) is 0.200. The number of rotatable bonds is 1. The van der Waals surface area contributed by atoms with E-state index in [9.17, 15) is 9.59 Å². The van der Waals surface area contributed by atoms with Gasteiger partial charge in [-0.2, -0.15) is 0 Å². The molecular formula is C15H14ClN3O3. The molecule has 3 heterocycles. The lowest BCUT2D eigenvalue weighted by atomic mass is 9.98.